The SMILES string of the molecule is CC(C)(C)C1NC(=O)CN(c2ccc(F)cc2)C1=O. The summed E-state index contributed by atoms with van der Waals surface area (Å²) in [6.07, 6.45) is 0. The second kappa shape index (κ2) is 4.64. The van der Waals surface area contributed by atoms with Crippen LogP contribution in [0.15, 0.2) is 24.3 Å². The van der Waals surface area contributed by atoms with E-state index in [1.807, 2.05) is 20.8 Å². The standard InChI is InChI=1S/C14H17FN2O2/c1-14(2,3)12-13(19)17(8-11(18)16-12)10-6-4-9(15)5-7-10/h4-7,12H,8H2,1-3H3,(H,16,18). The van der Waals surface area contributed by atoms with Gasteiger partial charge in [-0.1, -0.05) is 20.8 Å². The highest BCUT2D eigenvalue weighted by atomic mass is 19.1. The molecule has 1 aliphatic rings. The zero-order valence-corrected chi connectivity index (χ0v) is 11.2. The monoisotopic (exact) mass is 264 g/mol. The molecule has 0 aliphatic carbocycles. The summed E-state index contributed by atoms with van der Waals surface area (Å²) in [5, 5.41) is 2.71. The first-order chi connectivity index (χ1) is 8.79. The first-order valence-corrected chi connectivity index (χ1v) is 6.15. The van der Waals surface area contributed by atoms with Gasteiger partial charge in [0.1, 0.15) is 18.4 Å². The number of anilines is 1. The fourth-order valence-electron chi connectivity index (χ4n) is 2.07. The summed E-state index contributed by atoms with van der Waals surface area (Å²) in [6, 6.07) is 5.00. The van der Waals surface area contributed by atoms with Crippen molar-refractivity contribution in [3.63, 3.8) is 0 Å². The summed E-state index contributed by atoms with van der Waals surface area (Å²) < 4.78 is 12.9. The van der Waals surface area contributed by atoms with Gasteiger partial charge in [0.25, 0.3) is 5.91 Å². The van der Waals surface area contributed by atoms with Crippen molar-refractivity contribution in [1.29, 1.82) is 0 Å². The summed E-state index contributed by atoms with van der Waals surface area (Å²) >= 11 is 0. The predicted molar refractivity (Wildman–Crippen MR) is 70.1 cm³/mol. The van der Waals surface area contributed by atoms with E-state index in [1.165, 1.54) is 29.2 Å². The van der Waals surface area contributed by atoms with Gasteiger partial charge >= 0.3 is 0 Å². The average Bonchev–Trinajstić information content (AvgIpc) is 2.31. The minimum absolute atomic E-state index is 0.0307. The van der Waals surface area contributed by atoms with Crippen LogP contribution in [0.3, 0.4) is 0 Å². The summed E-state index contributed by atoms with van der Waals surface area (Å²) in [5.74, 6) is -0.743. The zero-order valence-electron chi connectivity index (χ0n) is 11.2. The summed E-state index contributed by atoms with van der Waals surface area (Å²) in [7, 11) is 0. The van der Waals surface area contributed by atoms with Crippen LogP contribution in [0.4, 0.5) is 10.1 Å². The molecule has 1 atom stereocenters. The van der Waals surface area contributed by atoms with Crippen LogP contribution < -0.4 is 10.2 Å². The topological polar surface area (TPSA) is 49.4 Å². The largest absolute Gasteiger partial charge is 0.342 e. The van der Waals surface area contributed by atoms with E-state index in [2.05, 4.69) is 5.32 Å². The lowest BCUT2D eigenvalue weighted by Gasteiger charge is -2.38. The molecule has 1 aliphatic heterocycles. The molecule has 4 nitrogen and oxygen atoms in total. The van der Waals surface area contributed by atoms with Gasteiger partial charge in [-0.3, -0.25) is 9.59 Å². The minimum Gasteiger partial charge on any atom is -0.342 e. The number of hydrogen-bond donors (Lipinski definition) is 1. The molecular formula is C14H17FN2O2. The molecule has 1 N–H and O–H groups in total. The first-order valence-electron chi connectivity index (χ1n) is 6.15. The van der Waals surface area contributed by atoms with Crippen LogP contribution in [0.2, 0.25) is 0 Å². The van der Waals surface area contributed by atoms with Crippen molar-refractivity contribution in [3.05, 3.63) is 30.1 Å². The number of hydrogen-bond acceptors (Lipinski definition) is 2. The van der Waals surface area contributed by atoms with E-state index in [-0.39, 0.29) is 29.6 Å². The molecule has 1 aromatic rings. The number of nitrogens with one attached hydrogen (secondary N) is 1. The maximum absolute atomic E-state index is 12.9. The Morgan fingerprint density at radius 2 is 1.79 bits per heavy atom. The van der Waals surface area contributed by atoms with Crippen LogP contribution >= 0.6 is 0 Å². The molecule has 19 heavy (non-hydrogen) atoms. The summed E-state index contributed by atoms with van der Waals surface area (Å²) in [6.45, 7) is 5.65. The van der Waals surface area contributed by atoms with E-state index in [9.17, 15) is 14.0 Å². The normalized spacial score (nSPS) is 20.4. The van der Waals surface area contributed by atoms with Crippen molar-refractivity contribution in [3.8, 4) is 0 Å². The predicted octanol–water partition coefficient (Wildman–Crippen LogP) is 1.70. The lowest BCUT2D eigenvalue weighted by Crippen LogP contribution is -2.62. The Morgan fingerprint density at radius 3 is 2.32 bits per heavy atom. The number of piperazine rings is 1. The average molecular weight is 264 g/mol. The fourth-order valence-corrected chi connectivity index (χ4v) is 2.07. The van der Waals surface area contributed by atoms with Crippen LogP contribution in [0, 0.1) is 11.2 Å². The van der Waals surface area contributed by atoms with Gasteiger partial charge in [0, 0.05) is 5.69 Å². The molecule has 5 heteroatoms. The molecular weight excluding hydrogens is 247 g/mol. The molecule has 1 saturated heterocycles. The third-order valence-electron chi connectivity index (χ3n) is 3.12. The third kappa shape index (κ3) is 2.75. The lowest BCUT2D eigenvalue weighted by atomic mass is 9.84. The lowest BCUT2D eigenvalue weighted by molar-refractivity contribution is -0.133. The van der Waals surface area contributed by atoms with Crippen LogP contribution in [-0.4, -0.2) is 24.4 Å². The van der Waals surface area contributed by atoms with E-state index < -0.39 is 6.04 Å². The van der Waals surface area contributed by atoms with Crippen molar-refractivity contribution in [1.82, 2.24) is 5.32 Å². The second-order valence-electron chi connectivity index (χ2n) is 5.77. The Balaban J connectivity index is 2.32. The van der Waals surface area contributed by atoms with Gasteiger partial charge in [-0.05, 0) is 29.7 Å². The molecule has 0 bridgehead atoms. The number of halogens is 1. The van der Waals surface area contributed by atoms with Crippen LogP contribution in [0.1, 0.15) is 20.8 Å². The van der Waals surface area contributed by atoms with Gasteiger partial charge in [0.15, 0.2) is 0 Å². The van der Waals surface area contributed by atoms with Crippen molar-refractivity contribution in [2.45, 2.75) is 26.8 Å². The Hall–Kier alpha value is -1.91. The van der Waals surface area contributed by atoms with Crippen molar-refractivity contribution < 1.29 is 14.0 Å². The quantitative estimate of drug-likeness (QED) is 0.839. The Kier molecular flexibility index (Phi) is 3.30. The van der Waals surface area contributed by atoms with Gasteiger partial charge in [0.05, 0.1) is 0 Å². The van der Waals surface area contributed by atoms with Crippen LogP contribution in [-0.2, 0) is 9.59 Å². The second-order valence-corrected chi connectivity index (χ2v) is 5.77. The number of benzene rings is 1. The van der Waals surface area contributed by atoms with E-state index >= 15 is 0 Å². The highest BCUT2D eigenvalue weighted by molar-refractivity contribution is 6.06. The van der Waals surface area contributed by atoms with Gasteiger partial charge in [-0.15, -0.1) is 0 Å². The molecule has 1 unspecified atom stereocenters. The number of carbonyl (C=O) groups is 2. The molecule has 102 valence electrons. The minimum atomic E-state index is -0.571. The first kappa shape index (κ1) is 13.5. The van der Waals surface area contributed by atoms with Crippen LogP contribution in [0.25, 0.3) is 0 Å². The molecule has 1 aromatic carbocycles. The van der Waals surface area contributed by atoms with Crippen molar-refractivity contribution >= 4 is 17.5 Å². The number of amides is 2. The highest BCUT2D eigenvalue weighted by Crippen LogP contribution is 2.26. The van der Waals surface area contributed by atoms with Crippen molar-refractivity contribution in [2.75, 3.05) is 11.4 Å². The molecule has 0 aromatic heterocycles. The van der Waals surface area contributed by atoms with Gasteiger partial charge < -0.3 is 10.2 Å². The van der Waals surface area contributed by atoms with E-state index in [4.69, 9.17) is 0 Å². The molecule has 1 heterocycles. The molecule has 2 rings (SSSR count). The molecule has 0 radical (unpaired) electrons. The third-order valence-corrected chi connectivity index (χ3v) is 3.12. The maximum Gasteiger partial charge on any atom is 0.250 e. The molecule has 1 fully saturated rings. The Labute approximate surface area is 111 Å². The number of carbonyl (C=O) groups excluding carboxylic acids is 2. The molecule has 2 amide bonds. The van der Waals surface area contributed by atoms with Crippen LogP contribution in [0.5, 0.6) is 0 Å². The van der Waals surface area contributed by atoms with Gasteiger partial charge in [-0.2, -0.15) is 0 Å². The highest BCUT2D eigenvalue weighted by Gasteiger charge is 2.40. The van der Waals surface area contributed by atoms with E-state index in [0.717, 1.165) is 0 Å². The number of rotatable bonds is 1. The summed E-state index contributed by atoms with van der Waals surface area (Å²) in [5.41, 5.74) is 0.168. The maximum atomic E-state index is 12.9. The zero-order chi connectivity index (χ0) is 14.2. The smallest absolute Gasteiger partial charge is 0.250 e. The van der Waals surface area contributed by atoms with E-state index in [1.54, 1.807) is 0 Å². The molecule has 0 saturated carbocycles. The Bertz CT molecular complexity index is 505. The molecule has 0 spiro atoms. The fraction of sp³-hybridized carbons (Fsp3) is 0.429. The van der Waals surface area contributed by atoms with Gasteiger partial charge in [-0.25, -0.2) is 4.39 Å². The van der Waals surface area contributed by atoms with E-state index in [0.29, 0.717) is 5.69 Å². The van der Waals surface area contributed by atoms with Crippen molar-refractivity contribution in [2.24, 2.45) is 5.41 Å². The van der Waals surface area contributed by atoms with Gasteiger partial charge in [0.2, 0.25) is 5.91 Å². The Morgan fingerprint density at radius 1 is 1.21 bits per heavy atom. The summed E-state index contributed by atoms with van der Waals surface area (Å²) in [4.78, 5) is 25.6. The number of nitrogens with zero attached hydrogens (tertiary/aromatic N) is 1.